The minimum absolute atomic E-state index is 0.00806. The minimum Gasteiger partial charge on any atom is -0.310 e. The van der Waals surface area contributed by atoms with Crippen LogP contribution in [0.25, 0.3) is 0 Å². The van der Waals surface area contributed by atoms with E-state index in [9.17, 15) is 9.59 Å². The molecule has 1 fully saturated rings. The number of pyridine rings is 1. The topological polar surface area (TPSA) is 62.3 Å². The second kappa shape index (κ2) is 9.06. The molecule has 1 amide bonds. The quantitative estimate of drug-likeness (QED) is 0.721. The zero-order valence-corrected chi connectivity index (χ0v) is 18.3. The summed E-state index contributed by atoms with van der Waals surface area (Å²) >= 11 is 5.86. The maximum atomic E-state index is 12.7. The van der Waals surface area contributed by atoms with Gasteiger partial charge in [-0.2, -0.15) is 0 Å². The number of nitrogens with one attached hydrogen (secondary N) is 1. The molecule has 0 radical (unpaired) electrons. The Morgan fingerprint density at radius 2 is 2.00 bits per heavy atom. The number of piperidine rings is 1. The van der Waals surface area contributed by atoms with Gasteiger partial charge in [0.05, 0.1) is 10.9 Å². The van der Waals surface area contributed by atoms with Crippen molar-refractivity contribution in [3.8, 4) is 0 Å². The van der Waals surface area contributed by atoms with Gasteiger partial charge in [-0.15, -0.1) is 0 Å². The van der Waals surface area contributed by atoms with Crippen LogP contribution in [0.15, 0.2) is 24.4 Å². The first-order chi connectivity index (χ1) is 13.8. The number of anilines is 1. The number of aromatic nitrogens is 1. The van der Waals surface area contributed by atoms with Gasteiger partial charge in [-0.3, -0.25) is 14.5 Å². The summed E-state index contributed by atoms with van der Waals surface area (Å²) in [5.74, 6) is 0.534. The van der Waals surface area contributed by atoms with E-state index in [0.29, 0.717) is 17.4 Å². The minimum atomic E-state index is -0.0837. The zero-order chi connectivity index (χ0) is 21.1. The van der Waals surface area contributed by atoms with Crippen molar-refractivity contribution in [1.82, 2.24) is 9.88 Å². The average molecular weight is 414 g/mol. The Hall–Kier alpha value is -2.24. The standard InChI is InChI=1S/C23H28ClN3O2/c1-14-10-15(2)22(17(4)28)16(3)20(14)13-27-9-5-6-18(12-27)23(29)26-21-8-7-19(24)11-25-21/h7-8,10-11,18H,5-6,9,12-13H2,1-4H3,(H,25,26,29). The summed E-state index contributed by atoms with van der Waals surface area (Å²) in [5.41, 5.74) is 5.31. The Kier molecular flexibility index (Phi) is 6.70. The number of benzene rings is 1. The fraction of sp³-hybridized carbons (Fsp3) is 0.435. The summed E-state index contributed by atoms with van der Waals surface area (Å²) in [6, 6.07) is 5.52. The molecular formula is C23H28ClN3O2. The summed E-state index contributed by atoms with van der Waals surface area (Å²) in [5, 5.41) is 3.44. The van der Waals surface area contributed by atoms with E-state index in [1.54, 1.807) is 19.1 Å². The Labute approximate surface area is 177 Å². The SMILES string of the molecule is CC(=O)c1c(C)cc(C)c(CN2CCCC(C(=O)Nc3ccc(Cl)cn3)C2)c1C. The third-order valence-corrected chi connectivity index (χ3v) is 5.94. The number of carbonyl (C=O) groups is 2. The van der Waals surface area contributed by atoms with Crippen molar-refractivity contribution in [3.05, 3.63) is 57.2 Å². The molecule has 1 aromatic heterocycles. The highest BCUT2D eigenvalue weighted by Gasteiger charge is 2.27. The lowest BCUT2D eigenvalue weighted by molar-refractivity contribution is -0.121. The summed E-state index contributed by atoms with van der Waals surface area (Å²) in [4.78, 5) is 31.3. The molecule has 1 aromatic carbocycles. The molecule has 0 spiro atoms. The van der Waals surface area contributed by atoms with Crippen LogP contribution < -0.4 is 5.32 Å². The van der Waals surface area contributed by atoms with Gasteiger partial charge >= 0.3 is 0 Å². The van der Waals surface area contributed by atoms with Crippen LogP contribution in [-0.4, -0.2) is 34.7 Å². The number of Topliss-reactive ketones (excluding diaryl/α,β-unsaturated/α-hetero) is 1. The van der Waals surface area contributed by atoms with Gasteiger partial charge in [-0.25, -0.2) is 4.98 Å². The first-order valence-corrected chi connectivity index (χ1v) is 10.4. The number of hydrogen-bond acceptors (Lipinski definition) is 4. The van der Waals surface area contributed by atoms with E-state index in [0.717, 1.165) is 42.6 Å². The van der Waals surface area contributed by atoms with Crippen molar-refractivity contribution in [1.29, 1.82) is 0 Å². The highest BCUT2D eigenvalue weighted by Crippen LogP contribution is 2.27. The zero-order valence-electron chi connectivity index (χ0n) is 17.5. The molecule has 0 aliphatic carbocycles. The van der Waals surface area contributed by atoms with Crippen molar-refractivity contribution in [2.24, 2.45) is 5.92 Å². The highest BCUT2D eigenvalue weighted by atomic mass is 35.5. The van der Waals surface area contributed by atoms with Crippen LogP contribution in [0.2, 0.25) is 5.02 Å². The normalized spacial score (nSPS) is 17.2. The monoisotopic (exact) mass is 413 g/mol. The number of halogens is 1. The summed E-state index contributed by atoms with van der Waals surface area (Å²) in [7, 11) is 0. The molecule has 6 heteroatoms. The lowest BCUT2D eigenvalue weighted by Gasteiger charge is -2.33. The van der Waals surface area contributed by atoms with Crippen LogP contribution in [-0.2, 0) is 11.3 Å². The van der Waals surface area contributed by atoms with Crippen molar-refractivity contribution < 1.29 is 9.59 Å². The molecular weight excluding hydrogens is 386 g/mol. The molecule has 1 saturated heterocycles. The fourth-order valence-corrected chi connectivity index (χ4v) is 4.44. The van der Waals surface area contributed by atoms with Gasteiger partial charge in [-0.1, -0.05) is 17.7 Å². The number of nitrogens with zero attached hydrogens (tertiary/aromatic N) is 2. The van der Waals surface area contributed by atoms with Crippen molar-refractivity contribution in [2.45, 2.75) is 47.1 Å². The van der Waals surface area contributed by atoms with E-state index >= 15 is 0 Å². The second-order valence-electron chi connectivity index (χ2n) is 7.97. The Bertz CT molecular complexity index is 925. The summed E-state index contributed by atoms with van der Waals surface area (Å²) in [6.45, 7) is 10.1. The molecule has 0 saturated carbocycles. The molecule has 29 heavy (non-hydrogen) atoms. The maximum absolute atomic E-state index is 12.7. The van der Waals surface area contributed by atoms with Crippen molar-refractivity contribution >= 4 is 29.1 Å². The average Bonchev–Trinajstić information content (AvgIpc) is 2.66. The smallest absolute Gasteiger partial charge is 0.229 e. The van der Waals surface area contributed by atoms with Crippen LogP contribution in [0, 0.1) is 26.7 Å². The van der Waals surface area contributed by atoms with E-state index in [1.165, 1.54) is 17.3 Å². The fourth-order valence-electron chi connectivity index (χ4n) is 4.33. The van der Waals surface area contributed by atoms with Gasteiger partial charge < -0.3 is 5.32 Å². The van der Waals surface area contributed by atoms with Gasteiger partial charge in [0, 0.05) is 24.8 Å². The van der Waals surface area contributed by atoms with E-state index in [1.807, 2.05) is 13.8 Å². The molecule has 1 unspecified atom stereocenters. The predicted octanol–water partition coefficient (Wildman–Crippen LogP) is 4.71. The van der Waals surface area contributed by atoms with Gasteiger partial charge in [0.15, 0.2) is 5.78 Å². The first-order valence-electron chi connectivity index (χ1n) is 10.0. The molecule has 0 bridgehead atoms. The molecule has 1 aliphatic heterocycles. The molecule has 5 nitrogen and oxygen atoms in total. The summed E-state index contributed by atoms with van der Waals surface area (Å²) < 4.78 is 0. The largest absolute Gasteiger partial charge is 0.310 e. The molecule has 1 N–H and O–H groups in total. The maximum Gasteiger partial charge on any atom is 0.229 e. The van der Waals surface area contributed by atoms with Gasteiger partial charge in [-0.05, 0) is 81.5 Å². The summed E-state index contributed by atoms with van der Waals surface area (Å²) in [6.07, 6.45) is 3.36. The van der Waals surface area contributed by atoms with Crippen molar-refractivity contribution in [3.63, 3.8) is 0 Å². The number of aryl methyl sites for hydroxylation is 2. The number of amides is 1. The number of ketones is 1. The molecule has 2 aromatic rings. The molecule has 1 atom stereocenters. The number of hydrogen-bond donors (Lipinski definition) is 1. The van der Waals surface area contributed by atoms with Gasteiger partial charge in [0.1, 0.15) is 5.82 Å². The van der Waals surface area contributed by atoms with Gasteiger partial charge in [0.2, 0.25) is 5.91 Å². The molecule has 1 aliphatic rings. The highest BCUT2D eigenvalue weighted by molar-refractivity contribution is 6.30. The van der Waals surface area contributed by atoms with E-state index in [4.69, 9.17) is 11.6 Å². The third kappa shape index (κ3) is 5.03. The van der Waals surface area contributed by atoms with Crippen LogP contribution in [0.4, 0.5) is 5.82 Å². The first kappa shape index (κ1) is 21.5. The van der Waals surface area contributed by atoms with E-state index in [2.05, 4.69) is 28.2 Å². The molecule has 3 rings (SSSR count). The second-order valence-corrected chi connectivity index (χ2v) is 8.41. The number of likely N-dealkylation sites (tertiary alicyclic amines) is 1. The molecule has 154 valence electrons. The van der Waals surface area contributed by atoms with E-state index < -0.39 is 0 Å². The van der Waals surface area contributed by atoms with Crippen LogP contribution in [0.5, 0.6) is 0 Å². The molecule has 2 heterocycles. The van der Waals surface area contributed by atoms with Crippen LogP contribution >= 0.6 is 11.6 Å². The predicted molar refractivity (Wildman–Crippen MR) is 117 cm³/mol. The van der Waals surface area contributed by atoms with Crippen LogP contribution in [0.1, 0.15) is 52.4 Å². The number of carbonyl (C=O) groups excluding carboxylic acids is 2. The van der Waals surface area contributed by atoms with Gasteiger partial charge in [0.25, 0.3) is 0 Å². The Morgan fingerprint density at radius 3 is 2.66 bits per heavy atom. The Balaban J connectivity index is 1.71. The van der Waals surface area contributed by atoms with Crippen LogP contribution in [0.3, 0.4) is 0 Å². The van der Waals surface area contributed by atoms with E-state index in [-0.39, 0.29) is 17.6 Å². The third-order valence-electron chi connectivity index (χ3n) is 5.72. The lowest BCUT2D eigenvalue weighted by atomic mass is 9.90. The number of rotatable bonds is 5. The lowest BCUT2D eigenvalue weighted by Crippen LogP contribution is -2.40. The van der Waals surface area contributed by atoms with Crippen molar-refractivity contribution in [2.75, 3.05) is 18.4 Å². The Morgan fingerprint density at radius 1 is 1.24 bits per heavy atom.